The molecule has 36 heavy (non-hydrogen) atoms. The molecule has 5 rings (SSSR count). The first-order chi connectivity index (χ1) is 17.7. The zero-order valence-corrected chi connectivity index (χ0v) is 20.5. The van der Waals surface area contributed by atoms with Gasteiger partial charge in [-0.1, -0.05) is 84.9 Å². The third kappa shape index (κ3) is 5.56. The second kappa shape index (κ2) is 11.1. The number of carboxylic acid groups (broad SMARTS) is 1. The molecule has 1 atom stereocenters. The quantitative estimate of drug-likeness (QED) is 0.226. The summed E-state index contributed by atoms with van der Waals surface area (Å²) in [6, 6.07) is 36.1. The Morgan fingerprint density at radius 2 is 1.47 bits per heavy atom. The molecule has 0 saturated carbocycles. The fraction of sp³-hybridized carbons (Fsp3) is 0.0938. The highest BCUT2D eigenvalue weighted by molar-refractivity contribution is 7.08. The van der Waals surface area contributed by atoms with Gasteiger partial charge >= 0.3 is 5.97 Å². The Labute approximate surface area is 215 Å². The summed E-state index contributed by atoms with van der Waals surface area (Å²) in [6.45, 7) is 0. The van der Waals surface area contributed by atoms with Gasteiger partial charge in [0.1, 0.15) is 11.5 Å². The van der Waals surface area contributed by atoms with Crippen molar-refractivity contribution >= 4 is 17.3 Å². The summed E-state index contributed by atoms with van der Waals surface area (Å²) in [6.07, 6.45) is 0.860. The molecule has 1 N–H and O–H groups in total. The van der Waals surface area contributed by atoms with E-state index in [4.69, 9.17) is 4.74 Å². The predicted octanol–water partition coefficient (Wildman–Crippen LogP) is 8.36. The Morgan fingerprint density at radius 1 is 0.750 bits per heavy atom. The first kappa shape index (κ1) is 23.6. The van der Waals surface area contributed by atoms with E-state index >= 15 is 0 Å². The van der Waals surface area contributed by atoms with Gasteiger partial charge in [0, 0.05) is 0 Å². The summed E-state index contributed by atoms with van der Waals surface area (Å²) >= 11 is 1.66. The number of hydrogen-bond acceptors (Lipinski definition) is 3. The van der Waals surface area contributed by atoms with Gasteiger partial charge in [-0.15, -0.1) is 0 Å². The van der Waals surface area contributed by atoms with Gasteiger partial charge in [-0.3, -0.25) is 4.79 Å². The van der Waals surface area contributed by atoms with Gasteiger partial charge < -0.3 is 9.84 Å². The van der Waals surface area contributed by atoms with E-state index in [1.165, 1.54) is 0 Å². The lowest BCUT2D eigenvalue weighted by molar-refractivity contribution is -0.141. The Balaban J connectivity index is 1.44. The van der Waals surface area contributed by atoms with E-state index in [1.807, 2.05) is 78.9 Å². The van der Waals surface area contributed by atoms with Crippen LogP contribution >= 0.6 is 11.3 Å². The number of ether oxygens (including phenoxy) is 1. The van der Waals surface area contributed by atoms with Crippen molar-refractivity contribution in [2.24, 2.45) is 5.92 Å². The molecule has 4 aromatic carbocycles. The number of carbonyl (C=O) groups is 1. The number of hydrogen-bond donors (Lipinski definition) is 1. The molecule has 1 heterocycles. The number of carboxylic acids is 1. The maximum atomic E-state index is 12.1. The summed E-state index contributed by atoms with van der Waals surface area (Å²) in [5.41, 5.74) is 6.43. The SMILES string of the molecule is O=C(O)C(Cc1ccccc1)Cc1ccccc1Oc1ccc(-c2ccccc2)c(-c2ccsc2)c1. The normalized spacial score (nSPS) is 11.7. The Kier molecular flexibility index (Phi) is 7.25. The van der Waals surface area contributed by atoms with Gasteiger partial charge in [0.2, 0.25) is 0 Å². The largest absolute Gasteiger partial charge is 0.481 e. The molecule has 0 radical (unpaired) electrons. The number of rotatable bonds is 9. The van der Waals surface area contributed by atoms with Crippen LogP contribution in [0.1, 0.15) is 11.1 Å². The number of thiophene rings is 1. The van der Waals surface area contributed by atoms with E-state index in [2.05, 4.69) is 41.1 Å². The van der Waals surface area contributed by atoms with Gasteiger partial charge in [-0.05, 0) is 81.2 Å². The van der Waals surface area contributed by atoms with Gasteiger partial charge in [0.05, 0.1) is 5.92 Å². The molecular weight excluding hydrogens is 464 g/mol. The second-order valence-corrected chi connectivity index (χ2v) is 9.50. The molecule has 1 unspecified atom stereocenters. The standard InChI is InChI=1S/C32H26O3S/c33-32(34)27(19-23-9-3-1-4-10-23)20-25-13-7-8-14-31(25)35-28-15-16-29(24-11-5-2-6-12-24)30(21-28)26-17-18-36-22-26/h1-18,21-22,27H,19-20H2,(H,33,34). The first-order valence-corrected chi connectivity index (χ1v) is 12.9. The molecule has 0 aliphatic carbocycles. The third-order valence-electron chi connectivity index (χ3n) is 6.25. The Morgan fingerprint density at radius 3 is 2.19 bits per heavy atom. The van der Waals surface area contributed by atoms with Gasteiger partial charge in [-0.2, -0.15) is 11.3 Å². The highest BCUT2D eigenvalue weighted by Crippen LogP contribution is 2.38. The molecule has 0 aliphatic heterocycles. The molecule has 0 bridgehead atoms. The lowest BCUT2D eigenvalue weighted by Crippen LogP contribution is -2.19. The highest BCUT2D eigenvalue weighted by Gasteiger charge is 2.21. The van der Waals surface area contributed by atoms with Crippen LogP contribution < -0.4 is 4.74 Å². The smallest absolute Gasteiger partial charge is 0.307 e. The summed E-state index contributed by atoms with van der Waals surface area (Å²) in [5.74, 6) is 0.0541. The van der Waals surface area contributed by atoms with Crippen LogP contribution in [0.5, 0.6) is 11.5 Å². The predicted molar refractivity (Wildman–Crippen MR) is 147 cm³/mol. The fourth-order valence-corrected chi connectivity index (χ4v) is 5.08. The minimum absolute atomic E-state index is 0.389. The topological polar surface area (TPSA) is 46.5 Å². The summed E-state index contributed by atoms with van der Waals surface area (Å²) < 4.78 is 6.38. The van der Waals surface area contributed by atoms with Crippen LogP contribution in [-0.4, -0.2) is 11.1 Å². The lowest BCUT2D eigenvalue weighted by atomic mass is 9.92. The van der Waals surface area contributed by atoms with Crippen LogP contribution in [0.2, 0.25) is 0 Å². The Hall–Kier alpha value is -4.15. The number of aliphatic carboxylic acids is 1. The molecule has 178 valence electrons. The van der Waals surface area contributed by atoms with E-state index in [0.717, 1.165) is 39.1 Å². The molecule has 0 amide bonds. The summed E-state index contributed by atoms with van der Waals surface area (Å²) in [5, 5.41) is 14.1. The van der Waals surface area contributed by atoms with Crippen molar-refractivity contribution in [1.29, 1.82) is 0 Å². The summed E-state index contributed by atoms with van der Waals surface area (Å²) in [4.78, 5) is 12.1. The van der Waals surface area contributed by atoms with Crippen LogP contribution in [0.25, 0.3) is 22.3 Å². The number of para-hydroxylation sites is 1. The molecule has 0 fully saturated rings. The lowest BCUT2D eigenvalue weighted by Gasteiger charge is -2.17. The van der Waals surface area contributed by atoms with Crippen molar-refractivity contribution in [3.63, 3.8) is 0 Å². The van der Waals surface area contributed by atoms with Crippen molar-refractivity contribution < 1.29 is 14.6 Å². The molecule has 1 aromatic heterocycles. The van der Waals surface area contributed by atoms with E-state index < -0.39 is 11.9 Å². The maximum Gasteiger partial charge on any atom is 0.307 e. The minimum Gasteiger partial charge on any atom is -0.481 e. The van der Waals surface area contributed by atoms with Crippen molar-refractivity contribution in [1.82, 2.24) is 0 Å². The zero-order valence-electron chi connectivity index (χ0n) is 19.7. The van der Waals surface area contributed by atoms with Crippen LogP contribution in [0.3, 0.4) is 0 Å². The van der Waals surface area contributed by atoms with Crippen LogP contribution in [-0.2, 0) is 17.6 Å². The fourth-order valence-electron chi connectivity index (χ4n) is 4.42. The van der Waals surface area contributed by atoms with Gasteiger partial charge in [0.25, 0.3) is 0 Å². The second-order valence-electron chi connectivity index (χ2n) is 8.72. The average Bonchev–Trinajstić information content (AvgIpc) is 3.45. The van der Waals surface area contributed by atoms with Crippen molar-refractivity contribution in [2.45, 2.75) is 12.8 Å². The Bertz CT molecular complexity index is 1430. The van der Waals surface area contributed by atoms with Crippen LogP contribution in [0, 0.1) is 5.92 Å². The molecule has 0 aliphatic rings. The molecule has 4 heteroatoms. The number of benzene rings is 4. The van der Waals surface area contributed by atoms with Crippen molar-refractivity contribution in [3.05, 3.63) is 131 Å². The van der Waals surface area contributed by atoms with E-state index in [-0.39, 0.29) is 0 Å². The van der Waals surface area contributed by atoms with E-state index in [1.54, 1.807) is 11.3 Å². The molecule has 0 saturated heterocycles. The zero-order chi connectivity index (χ0) is 24.7. The molecule has 5 aromatic rings. The van der Waals surface area contributed by atoms with E-state index in [9.17, 15) is 9.90 Å². The van der Waals surface area contributed by atoms with Crippen molar-refractivity contribution in [3.8, 4) is 33.8 Å². The van der Waals surface area contributed by atoms with Gasteiger partial charge in [0.15, 0.2) is 0 Å². The third-order valence-corrected chi connectivity index (χ3v) is 6.93. The monoisotopic (exact) mass is 490 g/mol. The van der Waals surface area contributed by atoms with E-state index in [0.29, 0.717) is 18.6 Å². The first-order valence-electron chi connectivity index (χ1n) is 11.9. The highest BCUT2D eigenvalue weighted by atomic mass is 32.1. The molecule has 3 nitrogen and oxygen atoms in total. The molecule has 0 spiro atoms. The minimum atomic E-state index is -0.805. The average molecular weight is 491 g/mol. The van der Waals surface area contributed by atoms with Crippen LogP contribution in [0.15, 0.2) is 120 Å². The van der Waals surface area contributed by atoms with Crippen molar-refractivity contribution in [2.75, 3.05) is 0 Å². The van der Waals surface area contributed by atoms with Crippen LogP contribution in [0.4, 0.5) is 0 Å². The molecular formula is C32H26O3S. The maximum absolute atomic E-state index is 12.1. The summed E-state index contributed by atoms with van der Waals surface area (Å²) in [7, 11) is 0. The van der Waals surface area contributed by atoms with Gasteiger partial charge in [-0.25, -0.2) is 0 Å².